The topological polar surface area (TPSA) is 75.5 Å². The summed E-state index contributed by atoms with van der Waals surface area (Å²) in [6.07, 6.45) is 3.56. The highest BCUT2D eigenvalue weighted by Gasteiger charge is 2.29. The van der Waals surface area contributed by atoms with Crippen LogP contribution < -0.4 is 10.7 Å². The maximum atomic E-state index is 13.6. The van der Waals surface area contributed by atoms with Gasteiger partial charge in [-0.3, -0.25) is 9.59 Å². The minimum absolute atomic E-state index is 0.172. The Hall–Kier alpha value is -5.04. The highest BCUT2D eigenvalue weighted by atomic mass is 19.1. The van der Waals surface area contributed by atoms with Crippen molar-refractivity contribution in [2.45, 2.75) is 32.4 Å². The Morgan fingerprint density at radius 1 is 0.810 bits per heavy atom. The summed E-state index contributed by atoms with van der Waals surface area (Å²) in [5.41, 5.74) is 7.11. The lowest BCUT2D eigenvalue weighted by atomic mass is 9.89. The van der Waals surface area contributed by atoms with E-state index in [1.165, 1.54) is 12.1 Å². The molecule has 0 unspecified atom stereocenters. The van der Waals surface area contributed by atoms with E-state index in [1.807, 2.05) is 105 Å². The Morgan fingerprint density at radius 2 is 1.40 bits per heavy atom. The molecule has 212 valence electrons. The highest BCUT2D eigenvalue weighted by molar-refractivity contribution is 6.00. The lowest BCUT2D eigenvalue weighted by Gasteiger charge is -2.24. The molecule has 0 fully saturated rings. The number of halogens is 1. The van der Waals surface area contributed by atoms with E-state index in [-0.39, 0.29) is 17.6 Å². The monoisotopic (exact) mass is 560 g/mol. The Bertz CT molecular complexity index is 1640. The molecule has 1 atom stereocenters. The van der Waals surface area contributed by atoms with E-state index < -0.39 is 17.9 Å². The van der Waals surface area contributed by atoms with Crippen molar-refractivity contribution < 1.29 is 14.0 Å². The molecule has 0 aliphatic carbocycles. The van der Waals surface area contributed by atoms with Crippen molar-refractivity contribution in [2.24, 2.45) is 11.0 Å². The molecule has 5 aromatic rings. The normalized spacial score (nSPS) is 12.2. The summed E-state index contributed by atoms with van der Waals surface area (Å²) in [7, 11) is 0. The van der Waals surface area contributed by atoms with Gasteiger partial charge >= 0.3 is 0 Å². The number of carbonyl (C=O) groups is 2. The first-order valence-corrected chi connectivity index (χ1v) is 14.0. The van der Waals surface area contributed by atoms with E-state index in [0.717, 1.165) is 33.2 Å². The van der Waals surface area contributed by atoms with Gasteiger partial charge in [-0.1, -0.05) is 105 Å². The third-order valence-electron chi connectivity index (χ3n) is 7.24. The summed E-state index contributed by atoms with van der Waals surface area (Å²) in [6.45, 7) is 4.33. The van der Waals surface area contributed by atoms with Gasteiger partial charge in [-0.2, -0.15) is 5.10 Å². The van der Waals surface area contributed by atoms with Crippen LogP contribution in [0.25, 0.3) is 10.9 Å². The molecule has 42 heavy (non-hydrogen) atoms. The van der Waals surface area contributed by atoms with Crippen molar-refractivity contribution in [2.75, 3.05) is 0 Å². The first kappa shape index (κ1) is 28.5. The summed E-state index contributed by atoms with van der Waals surface area (Å²) >= 11 is 0. The number of carbonyl (C=O) groups excluding carboxylic acids is 2. The first-order chi connectivity index (χ1) is 20.4. The Morgan fingerprint density at radius 3 is 2.02 bits per heavy atom. The molecule has 7 heteroatoms. The molecule has 2 amide bonds. The van der Waals surface area contributed by atoms with E-state index >= 15 is 0 Å². The van der Waals surface area contributed by atoms with Gasteiger partial charge in [0.15, 0.2) is 0 Å². The summed E-state index contributed by atoms with van der Waals surface area (Å²) in [6, 6.07) is 32.6. The predicted octanol–water partition coefficient (Wildman–Crippen LogP) is 6.25. The van der Waals surface area contributed by atoms with E-state index in [4.69, 9.17) is 0 Å². The summed E-state index contributed by atoms with van der Waals surface area (Å²) in [4.78, 5) is 26.9. The first-order valence-electron chi connectivity index (χ1n) is 14.0. The number of hydrogen-bond donors (Lipinski definition) is 2. The third-order valence-corrected chi connectivity index (χ3v) is 7.24. The molecule has 1 aromatic heterocycles. The van der Waals surface area contributed by atoms with Gasteiger partial charge in [-0.15, -0.1) is 0 Å². The zero-order valence-electron chi connectivity index (χ0n) is 23.6. The molecule has 0 spiro atoms. The lowest BCUT2D eigenvalue weighted by molar-refractivity contribution is -0.130. The van der Waals surface area contributed by atoms with Crippen LogP contribution >= 0.6 is 0 Å². The largest absolute Gasteiger partial charge is 0.343 e. The van der Waals surface area contributed by atoms with E-state index in [0.29, 0.717) is 6.54 Å². The van der Waals surface area contributed by atoms with Crippen molar-refractivity contribution in [3.63, 3.8) is 0 Å². The van der Waals surface area contributed by atoms with Crippen molar-refractivity contribution in [1.29, 1.82) is 0 Å². The number of nitrogens with zero attached hydrogens (tertiary/aromatic N) is 2. The Kier molecular flexibility index (Phi) is 8.87. The number of para-hydroxylation sites is 1. The number of hydrazone groups is 1. The quantitative estimate of drug-likeness (QED) is 0.156. The zero-order chi connectivity index (χ0) is 29.5. The van der Waals surface area contributed by atoms with Crippen molar-refractivity contribution >= 4 is 28.9 Å². The van der Waals surface area contributed by atoms with Crippen LogP contribution in [0.2, 0.25) is 0 Å². The maximum Gasteiger partial charge on any atom is 0.262 e. The van der Waals surface area contributed by atoms with Crippen LogP contribution in [-0.4, -0.2) is 28.6 Å². The molecule has 5 rings (SSSR count). The van der Waals surface area contributed by atoms with Gasteiger partial charge in [0.05, 0.1) is 12.1 Å². The molecule has 1 heterocycles. The average molecular weight is 561 g/mol. The van der Waals surface area contributed by atoms with Crippen LogP contribution in [-0.2, 0) is 16.1 Å². The minimum Gasteiger partial charge on any atom is -0.343 e. The molecule has 0 bridgehead atoms. The zero-order valence-corrected chi connectivity index (χ0v) is 23.6. The maximum absolute atomic E-state index is 13.6. The fraction of sp³-hybridized carbons (Fsp3) is 0.171. The van der Waals surface area contributed by atoms with Gasteiger partial charge in [0.1, 0.15) is 11.9 Å². The summed E-state index contributed by atoms with van der Waals surface area (Å²) < 4.78 is 15.4. The van der Waals surface area contributed by atoms with Crippen molar-refractivity contribution in [3.05, 3.63) is 143 Å². The van der Waals surface area contributed by atoms with Gasteiger partial charge in [0, 0.05) is 29.2 Å². The lowest BCUT2D eigenvalue weighted by Crippen LogP contribution is -2.50. The van der Waals surface area contributed by atoms with Gasteiger partial charge in [-0.05, 0) is 40.8 Å². The molecule has 2 N–H and O–H groups in total. The second-order valence-electron chi connectivity index (χ2n) is 10.6. The van der Waals surface area contributed by atoms with E-state index in [9.17, 15) is 14.0 Å². The number of fused-ring (bicyclic) bond motifs is 1. The molecular weight excluding hydrogens is 527 g/mol. The second kappa shape index (κ2) is 13.1. The van der Waals surface area contributed by atoms with Gasteiger partial charge in [-0.25, -0.2) is 9.82 Å². The Balaban J connectivity index is 1.32. The summed E-state index contributed by atoms with van der Waals surface area (Å²) in [5.74, 6) is -1.66. The standard InChI is InChI=1S/C35H33FN4O2/c1-24(2)33(38-34(41)32(26-11-5-3-6-12-26)27-13-7-4-8-14-27)35(42)39-37-21-28-23-40(31-16-10-9-15-30(28)31)22-25-17-19-29(36)20-18-25/h3-21,23-24,32-33H,22H2,1-2H3,(H,38,41)(H,39,42)/b37-21-/t33-/m1/s1. The number of nitrogens with one attached hydrogen (secondary N) is 2. The van der Waals surface area contributed by atoms with Crippen LogP contribution in [0.15, 0.2) is 120 Å². The van der Waals surface area contributed by atoms with E-state index in [2.05, 4.69) is 20.4 Å². The third kappa shape index (κ3) is 6.63. The molecule has 0 saturated heterocycles. The van der Waals surface area contributed by atoms with Crippen LogP contribution in [0, 0.1) is 11.7 Å². The van der Waals surface area contributed by atoms with Crippen LogP contribution in [0.3, 0.4) is 0 Å². The molecule has 4 aromatic carbocycles. The molecule has 0 radical (unpaired) electrons. The second-order valence-corrected chi connectivity index (χ2v) is 10.6. The number of amides is 2. The Labute approximate surface area is 244 Å². The number of rotatable bonds is 10. The predicted molar refractivity (Wildman–Crippen MR) is 165 cm³/mol. The SMILES string of the molecule is CC(C)[C@@H](NC(=O)C(c1ccccc1)c1ccccc1)C(=O)N/N=C\c1cn(Cc2ccc(F)cc2)c2ccccc12. The highest BCUT2D eigenvalue weighted by Crippen LogP contribution is 2.25. The molecule has 0 aliphatic heterocycles. The number of hydrogen-bond acceptors (Lipinski definition) is 3. The average Bonchev–Trinajstić information content (AvgIpc) is 3.35. The van der Waals surface area contributed by atoms with Crippen LogP contribution in [0.1, 0.15) is 42.0 Å². The smallest absolute Gasteiger partial charge is 0.262 e. The fourth-order valence-corrected chi connectivity index (χ4v) is 5.09. The molecule has 6 nitrogen and oxygen atoms in total. The minimum atomic E-state index is -0.788. The van der Waals surface area contributed by atoms with Crippen LogP contribution in [0.4, 0.5) is 4.39 Å². The van der Waals surface area contributed by atoms with Gasteiger partial charge in [0.2, 0.25) is 5.91 Å². The van der Waals surface area contributed by atoms with Crippen molar-refractivity contribution in [1.82, 2.24) is 15.3 Å². The number of aromatic nitrogens is 1. The van der Waals surface area contributed by atoms with Crippen LogP contribution in [0.5, 0.6) is 0 Å². The molecular formula is C35H33FN4O2. The summed E-state index contributed by atoms with van der Waals surface area (Å²) in [5, 5.41) is 8.20. The van der Waals surface area contributed by atoms with Gasteiger partial charge in [0.25, 0.3) is 5.91 Å². The molecule has 0 saturated carbocycles. The molecule has 0 aliphatic rings. The fourth-order valence-electron chi connectivity index (χ4n) is 5.09. The number of benzene rings is 4. The van der Waals surface area contributed by atoms with Gasteiger partial charge < -0.3 is 9.88 Å². The van der Waals surface area contributed by atoms with E-state index in [1.54, 1.807) is 18.3 Å². The van der Waals surface area contributed by atoms with Crippen molar-refractivity contribution in [3.8, 4) is 0 Å².